The predicted molar refractivity (Wildman–Crippen MR) is 171 cm³/mol. The van der Waals surface area contributed by atoms with Crippen LogP contribution < -0.4 is 0 Å². The molecule has 0 aliphatic carbocycles. The van der Waals surface area contributed by atoms with Crippen molar-refractivity contribution in [3.63, 3.8) is 0 Å². The Kier molecular flexibility index (Phi) is 4.61. The monoisotopic (exact) mass is 525 g/mol. The molecule has 186 valence electrons. The second kappa shape index (κ2) is 8.35. The Labute approximate surface area is 236 Å². The maximum atomic E-state index is 2.45. The van der Waals surface area contributed by atoms with Gasteiger partial charge in [-0.3, -0.25) is 0 Å². The molecule has 40 heavy (non-hydrogen) atoms. The molecule has 1 aliphatic rings. The summed E-state index contributed by atoms with van der Waals surface area (Å²) in [7, 11) is 0. The van der Waals surface area contributed by atoms with Gasteiger partial charge in [-0.25, -0.2) is 0 Å². The van der Waals surface area contributed by atoms with E-state index in [1.54, 1.807) is 0 Å². The van der Waals surface area contributed by atoms with E-state index in [1.807, 2.05) is 11.8 Å². The summed E-state index contributed by atoms with van der Waals surface area (Å²) in [6, 6.07) is 51.3. The van der Waals surface area contributed by atoms with Gasteiger partial charge in [0.15, 0.2) is 0 Å². The van der Waals surface area contributed by atoms with Gasteiger partial charge < -0.3 is 4.57 Å². The normalized spacial score (nSPS) is 12.4. The maximum absolute atomic E-state index is 2.45. The molecule has 0 spiro atoms. The first-order chi connectivity index (χ1) is 19.8. The van der Waals surface area contributed by atoms with Crippen LogP contribution in [0.4, 0.5) is 0 Å². The molecule has 0 fully saturated rings. The Bertz CT molecular complexity index is 2300. The van der Waals surface area contributed by atoms with Gasteiger partial charge in [0.05, 0.1) is 11.0 Å². The Morgan fingerprint density at radius 2 is 1.23 bits per heavy atom. The van der Waals surface area contributed by atoms with Crippen molar-refractivity contribution in [1.82, 2.24) is 4.57 Å². The molecule has 1 nitrogen and oxygen atoms in total. The predicted octanol–water partition coefficient (Wildman–Crippen LogP) is 10.9. The minimum absolute atomic E-state index is 1.18. The van der Waals surface area contributed by atoms with Crippen LogP contribution in [0.5, 0.6) is 0 Å². The Balaban J connectivity index is 1.27. The largest absolute Gasteiger partial charge is 0.309 e. The second-order valence-electron chi connectivity index (χ2n) is 10.6. The van der Waals surface area contributed by atoms with Crippen molar-refractivity contribution in [1.29, 1.82) is 0 Å². The van der Waals surface area contributed by atoms with Crippen molar-refractivity contribution in [2.45, 2.75) is 9.79 Å². The van der Waals surface area contributed by atoms with Gasteiger partial charge in [0.25, 0.3) is 0 Å². The van der Waals surface area contributed by atoms with E-state index in [2.05, 4.69) is 144 Å². The van der Waals surface area contributed by atoms with Gasteiger partial charge in [0.2, 0.25) is 0 Å². The van der Waals surface area contributed by atoms with Gasteiger partial charge in [-0.15, -0.1) is 0 Å². The number of nitrogens with zero attached hydrogens (tertiary/aromatic N) is 1. The zero-order chi connectivity index (χ0) is 26.2. The smallest absolute Gasteiger partial charge is 0.0619 e. The zero-order valence-electron chi connectivity index (χ0n) is 21.6. The highest BCUT2D eigenvalue weighted by Gasteiger charge is 2.20. The molecule has 0 saturated carbocycles. The number of hydrogen-bond acceptors (Lipinski definition) is 1. The topological polar surface area (TPSA) is 4.93 Å². The molecule has 0 unspecified atom stereocenters. The molecule has 0 radical (unpaired) electrons. The van der Waals surface area contributed by atoms with E-state index in [-0.39, 0.29) is 0 Å². The molecule has 0 amide bonds. The summed E-state index contributed by atoms with van der Waals surface area (Å²) < 4.78 is 2.45. The molecule has 0 atom stereocenters. The first-order valence-corrected chi connectivity index (χ1v) is 14.5. The molecule has 2 heterocycles. The second-order valence-corrected chi connectivity index (χ2v) is 11.6. The van der Waals surface area contributed by atoms with Gasteiger partial charge in [-0.2, -0.15) is 0 Å². The third kappa shape index (κ3) is 3.11. The molecule has 0 bridgehead atoms. The molecule has 0 N–H and O–H groups in total. The van der Waals surface area contributed by atoms with Crippen molar-refractivity contribution in [2.24, 2.45) is 0 Å². The van der Waals surface area contributed by atoms with E-state index >= 15 is 0 Å². The molecular weight excluding hydrogens is 502 g/mol. The van der Waals surface area contributed by atoms with Crippen LogP contribution in [-0.4, -0.2) is 4.57 Å². The van der Waals surface area contributed by atoms with E-state index in [0.717, 1.165) is 0 Å². The lowest BCUT2D eigenvalue weighted by Gasteiger charge is -2.21. The summed E-state index contributed by atoms with van der Waals surface area (Å²) in [6.45, 7) is 0. The molecule has 1 aliphatic heterocycles. The van der Waals surface area contributed by atoms with Crippen LogP contribution in [0, 0.1) is 0 Å². The highest BCUT2D eigenvalue weighted by atomic mass is 32.2. The third-order valence-corrected chi connectivity index (χ3v) is 9.49. The maximum Gasteiger partial charge on any atom is 0.0619 e. The molecule has 2 heteroatoms. The highest BCUT2D eigenvalue weighted by Crippen LogP contribution is 2.48. The van der Waals surface area contributed by atoms with E-state index in [9.17, 15) is 0 Å². The lowest BCUT2D eigenvalue weighted by Crippen LogP contribution is -1.96. The number of aromatic nitrogens is 1. The minimum atomic E-state index is 1.18. The molecule has 7 aromatic carbocycles. The van der Waals surface area contributed by atoms with Crippen molar-refractivity contribution >= 4 is 55.1 Å². The number of para-hydroxylation sites is 1. The quantitative estimate of drug-likeness (QED) is 0.217. The van der Waals surface area contributed by atoms with E-state index in [4.69, 9.17) is 0 Å². The summed E-state index contributed by atoms with van der Waals surface area (Å²) >= 11 is 1.88. The van der Waals surface area contributed by atoms with Gasteiger partial charge in [0, 0.05) is 37.0 Å². The van der Waals surface area contributed by atoms with Crippen LogP contribution in [0.3, 0.4) is 0 Å². The summed E-state index contributed by atoms with van der Waals surface area (Å²) in [6.07, 6.45) is 0. The lowest BCUT2D eigenvalue weighted by molar-refractivity contribution is 1.19. The fourth-order valence-corrected chi connectivity index (χ4v) is 7.69. The van der Waals surface area contributed by atoms with Crippen LogP contribution in [0.15, 0.2) is 149 Å². The number of hydrogen-bond donors (Lipinski definition) is 0. The van der Waals surface area contributed by atoms with Crippen LogP contribution in [-0.2, 0) is 0 Å². The fourth-order valence-electron chi connectivity index (χ4n) is 6.57. The minimum Gasteiger partial charge on any atom is -0.309 e. The SMILES string of the molecule is c1cc(-c2ccc3c(c2)-c2cccc4cccc(c24)S3)cc(-n2c3ccccc3c3ccc4ccccc4c32)c1. The summed E-state index contributed by atoms with van der Waals surface area (Å²) in [5.41, 5.74) is 8.79. The highest BCUT2D eigenvalue weighted by molar-refractivity contribution is 7.99. The van der Waals surface area contributed by atoms with E-state index in [1.165, 1.54) is 81.1 Å². The standard InChI is InChI=1S/C38H23NS/c1-2-13-29-24(8-1)18-20-32-30-14-3-4-16-34(30)39(38(29)32)28-12-5-11-26(22-28)27-19-21-35-33(23-27)31-15-6-9-25-10-7-17-36(40-35)37(25)31/h1-23H. The molecule has 9 rings (SSSR count). The average molecular weight is 526 g/mol. The summed E-state index contributed by atoms with van der Waals surface area (Å²) in [4.78, 5) is 2.66. The lowest BCUT2D eigenvalue weighted by atomic mass is 9.94. The Morgan fingerprint density at radius 3 is 2.17 bits per heavy atom. The third-order valence-electron chi connectivity index (χ3n) is 8.35. The van der Waals surface area contributed by atoms with Crippen LogP contribution >= 0.6 is 11.8 Å². The van der Waals surface area contributed by atoms with Crippen molar-refractivity contribution in [3.8, 4) is 27.9 Å². The van der Waals surface area contributed by atoms with Crippen molar-refractivity contribution in [3.05, 3.63) is 140 Å². The molecule has 0 saturated heterocycles. The molecule has 8 aromatic rings. The van der Waals surface area contributed by atoms with E-state index in [0.29, 0.717) is 0 Å². The number of rotatable bonds is 2. The first-order valence-electron chi connectivity index (χ1n) is 13.7. The van der Waals surface area contributed by atoms with Gasteiger partial charge in [-0.05, 0) is 69.4 Å². The Hall–Kier alpha value is -4.79. The number of fused-ring (bicyclic) bond motifs is 7. The van der Waals surface area contributed by atoms with Gasteiger partial charge in [0.1, 0.15) is 0 Å². The number of benzene rings is 7. The van der Waals surface area contributed by atoms with Crippen molar-refractivity contribution in [2.75, 3.05) is 0 Å². The first kappa shape index (κ1) is 22.1. The van der Waals surface area contributed by atoms with Crippen LogP contribution in [0.2, 0.25) is 0 Å². The summed E-state index contributed by atoms with van der Waals surface area (Å²) in [5.74, 6) is 0. The van der Waals surface area contributed by atoms with E-state index < -0.39 is 0 Å². The molecule has 1 aromatic heterocycles. The fraction of sp³-hybridized carbons (Fsp3) is 0. The average Bonchev–Trinajstić information content (AvgIpc) is 3.36. The van der Waals surface area contributed by atoms with Crippen LogP contribution in [0.25, 0.3) is 71.3 Å². The van der Waals surface area contributed by atoms with Gasteiger partial charge >= 0.3 is 0 Å². The van der Waals surface area contributed by atoms with Crippen LogP contribution in [0.1, 0.15) is 0 Å². The Morgan fingerprint density at radius 1 is 0.450 bits per heavy atom. The molecular formula is C38H23NS. The summed E-state index contributed by atoms with van der Waals surface area (Å²) in [5, 5.41) is 7.78. The zero-order valence-corrected chi connectivity index (χ0v) is 22.5. The van der Waals surface area contributed by atoms with Gasteiger partial charge in [-0.1, -0.05) is 115 Å². The van der Waals surface area contributed by atoms with Crippen molar-refractivity contribution < 1.29 is 0 Å².